The number of carbonyl (C=O) groups excluding carboxylic acids is 5. The van der Waals surface area contributed by atoms with Crippen molar-refractivity contribution in [3.05, 3.63) is 29.8 Å². The van der Waals surface area contributed by atoms with Crippen LogP contribution in [0.5, 0.6) is 5.75 Å². The van der Waals surface area contributed by atoms with Crippen LogP contribution < -0.4 is 10.1 Å². The normalized spacial score (nSPS) is 11.8. The molecule has 0 saturated carbocycles. The van der Waals surface area contributed by atoms with E-state index in [-0.39, 0.29) is 19.7 Å². The van der Waals surface area contributed by atoms with E-state index in [1.54, 1.807) is 0 Å². The minimum atomic E-state index is -1.52. The van der Waals surface area contributed by atoms with Crippen molar-refractivity contribution in [1.29, 1.82) is 0 Å². The highest BCUT2D eigenvalue weighted by atomic mass is 35.5. The van der Waals surface area contributed by atoms with Crippen LogP contribution in [0, 0.1) is 5.41 Å². The third kappa shape index (κ3) is 8.40. The lowest BCUT2D eigenvalue weighted by Crippen LogP contribution is -2.47. The van der Waals surface area contributed by atoms with E-state index in [1.165, 1.54) is 45.2 Å². The van der Waals surface area contributed by atoms with E-state index in [2.05, 4.69) is 10.1 Å². The van der Waals surface area contributed by atoms with Gasteiger partial charge in [-0.25, -0.2) is 4.79 Å². The predicted octanol–water partition coefficient (Wildman–Crippen LogP) is -0.0992. The van der Waals surface area contributed by atoms with E-state index in [9.17, 15) is 34.2 Å². The summed E-state index contributed by atoms with van der Waals surface area (Å²) in [7, 11) is 1.25. The maximum absolute atomic E-state index is 12.4. The Bertz CT molecular complexity index is 887. The van der Waals surface area contributed by atoms with Crippen molar-refractivity contribution in [3.63, 3.8) is 0 Å². The zero-order valence-electron chi connectivity index (χ0n) is 19.2. The van der Waals surface area contributed by atoms with Crippen LogP contribution >= 0.6 is 11.6 Å². The summed E-state index contributed by atoms with van der Waals surface area (Å²) < 4.78 is 10.1. The molecule has 12 heteroatoms. The maximum atomic E-state index is 12.4. The minimum Gasteiger partial charge on any atom is -0.492 e. The number of nitrogens with zero attached hydrogens (tertiary/aromatic N) is 1. The molecule has 0 aliphatic heterocycles. The number of ketones is 1. The average molecular weight is 501 g/mol. The number of benzene rings is 1. The van der Waals surface area contributed by atoms with Crippen LogP contribution in [0.15, 0.2) is 24.3 Å². The molecule has 0 unspecified atom stereocenters. The molecule has 188 valence electrons. The molecule has 0 heterocycles. The van der Waals surface area contributed by atoms with Crippen LogP contribution in [0.1, 0.15) is 30.6 Å². The Morgan fingerprint density at radius 2 is 1.76 bits per heavy atom. The monoisotopic (exact) mass is 500 g/mol. The van der Waals surface area contributed by atoms with E-state index in [0.717, 1.165) is 0 Å². The Balaban J connectivity index is 2.62. The number of carbonyl (C=O) groups is 5. The second-order valence-electron chi connectivity index (χ2n) is 7.86. The fraction of sp³-hybridized carbons (Fsp3) is 0.500. The highest BCUT2D eigenvalue weighted by Crippen LogP contribution is 2.19. The summed E-state index contributed by atoms with van der Waals surface area (Å²) in [5.74, 6) is -4.35. The average Bonchev–Trinajstić information content (AvgIpc) is 2.84. The van der Waals surface area contributed by atoms with E-state index >= 15 is 0 Å². The van der Waals surface area contributed by atoms with Gasteiger partial charge in [-0.1, -0.05) is 13.8 Å². The fourth-order valence-electron chi connectivity index (χ4n) is 2.57. The number of nitrogens with one attached hydrogen (secondary N) is 1. The highest BCUT2D eigenvalue weighted by Gasteiger charge is 2.33. The maximum Gasteiger partial charge on any atom is 0.337 e. The molecule has 1 atom stereocenters. The summed E-state index contributed by atoms with van der Waals surface area (Å²) in [4.78, 5) is 60.8. The van der Waals surface area contributed by atoms with Gasteiger partial charge in [0.15, 0.2) is 0 Å². The van der Waals surface area contributed by atoms with Crippen molar-refractivity contribution < 1.29 is 43.7 Å². The molecule has 1 aromatic carbocycles. The third-order valence-corrected chi connectivity index (χ3v) is 5.03. The number of imide groups is 1. The largest absolute Gasteiger partial charge is 0.492 e. The molecule has 0 aliphatic carbocycles. The zero-order valence-corrected chi connectivity index (χ0v) is 20.0. The number of hydrogen-bond acceptors (Lipinski definition) is 9. The number of ether oxygens (including phenoxy) is 2. The van der Waals surface area contributed by atoms with Gasteiger partial charge in [-0.3, -0.25) is 24.1 Å². The molecule has 34 heavy (non-hydrogen) atoms. The smallest absolute Gasteiger partial charge is 0.337 e. The summed E-state index contributed by atoms with van der Waals surface area (Å²) in [5.41, 5.74) is -0.776. The van der Waals surface area contributed by atoms with Crippen LogP contribution in [0.4, 0.5) is 0 Å². The first kappa shape index (κ1) is 29.0. The molecular formula is C22H29ClN2O9. The lowest BCUT2D eigenvalue weighted by atomic mass is 9.87. The van der Waals surface area contributed by atoms with E-state index in [1.807, 2.05) is 0 Å². The summed E-state index contributed by atoms with van der Waals surface area (Å²) in [5, 5.41) is 21.5. The molecule has 0 aromatic heterocycles. The van der Waals surface area contributed by atoms with Crippen molar-refractivity contribution in [2.45, 2.75) is 26.4 Å². The molecule has 1 rings (SSSR count). The van der Waals surface area contributed by atoms with Gasteiger partial charge >= 0.3 is 5.97 Å². The molecule has 0 spiro atoms. The number of aliphatic hydroxyl groups is 2. The summed E-state index contributed by atoms with van der Waals surface area (Å²) in [6.07, 6.45) is -1.94. The summed E-state index contributed by atoms with van der Waals surface area (Å²) in [6.45, 7) is 1.87. The third-order valence-electron chi connectivity index (χ3n) is 4.81. The van der Waals surface area contributed by atoms with E-state index < -0.39 is 59.9 Å². The zero-order chi connectivity index (χ0) is 25.9. The number of rotatable bonds is 13. The van der Waals surface area contributed by atoms with Crippen LogP contribution in [-0.4, -0.2) is 90.0 Å². The molecule has 0 saturated heterocycles. The van der Waals surface area contributed by atoms with Crippen molar-refractivity contribution >= 4 is 41.1 Å². The number of alkyl halides is 1. The van der Waals surface area contributed by atoms with Crippen molar-refractivity contribution in [2.75, 3.05) is 39.3 Å². The van der Waals surface area contributed by atoms with Gasteiger partial charge in [-0.05, 0) is 24.3 Å². The molecule has 0 bridgehead atoms. The molecule has 11 nitrogen and oxygen atoms in total. The van der Waals surface area contributed by atoms with Gasteiger partial charge in [0.25, 0.3) is 5.91 Å². The minimum absolute atomic E-state index is 0.140. The lowest BCUT2D eigenvalue weighted by Gasteiger charge is -2.27. The number of amides is 3. The SMILES string of the molecule is COC(=O)c1ccc(OCCN(C(=O)CCl)C(=O)C(=O)CCNC(=O)[C@H](O)C(C)(C)CO)cc1. The molecular weight excluding hydrogens is 472 g/mol. The number of halogens is 1. The molecule has 3 N–H and O–H groups in total. The van der Waals surface area contributed by atoms with Gasteiger partial charge in [0.1, 0.15) is 24.3 Å². The Hall–Kier alpha value is -3.02. The first-order valence-corrected chi connectivity index (χ1v) is 10.8. The number of methoxy groups -OCH3 is 1. The quantitative estimate of drug-likeness (QED) is 0.191. The molecule has 1 aromatic rings. The van der Waals surface area contributed by atoms with Crippen molar-refractivity contribution in [2.24, 2.45) is 5.41 Å². The predicted molar refractivity (Wildman–Crippen MR) is 120 cm³/mol. The second kappa shape index (κ2) is 13.6. The Kier molecular flexibility index (Phi) is 11.6. The van der Waals surface area contributed by atoms with Crippen molar-refractivity contribution in [1.82, 2.24) is 10.2 Å². The summed E-state index contributed by atoms with van der Waals surface area (Å²) in [6, 6.07) is 5.96. The van der Waals surface area contributed by atoms with Crippen LogP contribution in [0.2, 0.25) is 0 Å². The first-order valence-electron chi connectivity index (χ1n) is 10.3. The topological polar surface area (TPSA) is 160 Å². The second-order valence-corrected chi connectivity index (χ2v) is 8.13. The Morgan fingerprint density at radius 1 is 1.15 bits per heavy atom. The number of esters is 1. The van der Waals surface area contributed by atoms with Gasteiger partial charge in [-0.2, -0.15) is 0 Å². The van der Waals surface area contributed by atoms with Crippen LogP contribution in [-0.2, 0) is 23.9 Å². The van der Waals surface area contributed by atoms with Gasteiger partial charge in [-0.15, -0.1) is 11.6 Å². The van der Waals surface area contributed by atoms with Gasteiger partial charge in [0.05, 0.1) is 25.8 Å². The van der Waals surface area contributed by atoms with Gasteiger partial charge < -0.3 is 25.0 Å². The van der Waals surface area contributed by atoms with E-state index in [0.29, 0.717) is 16.2 Å². The Morgan fingerprint density at radius 3 is 2.29 bits per heavy atom. The lowest BCUT2D eigenvalue weighted by molar-refractivity contribution is -0.151. The van der Waals surface area contributed by atoms with Gasteiger partial charge in [0.2, 0.25) is 17.6 Å². The first-order chi connectivity index (χ1) is 16.0. The molecule has 0 aliphatic rings. The molecule has 0 fully saturated rings. The molecule has 3 amide bonds. The van der Waals surface area contributed by atoms with Crippen LogP contribution in [0.3, 0.4) is 0 Å². The number of aliphatic hydroxyl groups excluding tert-OH is 2. The standard InChI is InChI=1S/C22H29ClN2O9/c1-22(2,13-26)18(29)19(30)24-9-8-16(27)20(31)25(17(28)12-23)10-11-34-15-6-4-14(5-7-15)21(32)33-3/h4-7,18,26,29H,8-13H2,1-3H3,(H,24,30)/t18-/m0/s1. The fourth-order valence-corrected chi connectivity index (χ4v) is 2.71. The highest BCUT2D eigenvalue weighted by molar-refractivity contribution is 6.40. The van der Waals surface area contributed by atoms with Crippen LogP contribution in [0.25, 0.3) is 0 Å². The number of Topliss-reactive ketones (excluding diaryl/α,β-unsaturated/α-hetero) is 1. The Labute approximate surface area is 202 Å². The van der Waals surface area contributed by atoms with Crippen molar-refractivity contribution in [3.8, 4) is 5.75 Å². The number of hydrogen-bond donors (Lipinski definition) is 3. The van der Waals surface area contributed by atoms with Gasteiger partial charge in [0, 0.05) is 18.4 Å². The van der Waals surface area contributed by atoms with E-state index in [4.69, 9.17) is 16.3 Å². The molecule has 0 radical (unpaired) electrons. The summed E-state index contributed by atoms with van der Waals surface area (Å²) >= 11 is 5.54.